The SMILES string of the molecule is Cl.O.O.O.O.O.O.[Zr]. The average molecular weight is 236 g/mol. The van der Waals surface area contributed by atoms with Crippen LogP contribution >= 0.6 is 12.4 Å². The van der Waals surface area contributed by atoms with Crippen molar-refractivity contribution in [2.45, 2.75) is 0 Å². The van der Waals surface area contributed by atoms with Gasteiger partial charge in [0.2, 0.25) is 0 Å². The summed E-state index contributed by atoms with van der Waals surface area (Å²) in [5.74, 6) is 0. The summed E-state index contributed by atoms with van der Waals surface area (Å²) in [5, 5.41) is 0. The molecule has 6 nitrogen and oxygen atoms in total. The average Bonchev–Trinajstić information content (AvgIpc) is 0. The smallest absolute Gasteiger partial charge is 0 e. The molecule has 0 radical (unpaired) electrons. The Morgan fingerprint density at radius 2 is 0.375 bits per heavy atom. The van der Waals surface area contributed by atoms with Gasteiger partial charge in [0.15, 0.2) is 0 Å². The van der Waals surface area contributed by atoms with E-state index in [9.17, 15) is 0 Å². The van der Waals surface area contributed by atoms with Crippen LogP contribution in [-0.2, 0) is 26.2 Å². The van der Waals surface area contributed by atoms with E-state index in [2.05, 4.69) is 0 Å². The van der Waals surface area contributed by atoms with Crippen molar-refractivity contribution in [3.05, 3.63) is 0 Å². The van der Waals surface area contributed by atoms with Crippen molar-refractivity contribution >= 4 is 12.4 Å². The van der Waals surface area contributed by atoms with Gasteiger partial charge in [-0.25, -0.2) is 0 Å². The predicted octanol–water partition coefficient (Wildman–Crippen LogP) is -4.53. The van der Waals surface area contributed by atoms with E-state index in [1.807, 2.05) is 0 Å². The Labute approximate surface area is 71.7 Å². The van der Waals surface area contributed by atoms with Crippen LogP contribution in [0.25, 0.3) is 0 Å². The van der Waals surface area contributed by atoms with Crippen LogP contribution in [0, 0.1) is 0 Å². The van der Waals surface area contributed by atoms with E-state index in [-0.39, 0.29) is 71.5 Å². The van der Waals surface area contributed by atoms with Crippen molar-refractivity contribution in [1.29, 1.82) is 0 Å². The van der Waals surface area contributed by atoms with Gasteiger partial charge in [-0.2, -0.15) is 0 Å². The first-order chi connectivity index (χ1) is 0. The molecule has 0 aromatic heterocycles. The molecular weight excluding hydrogens is 223 g/mol. The standard InChI is InChI=1S/ClH.6H2O.Zr/h1H;6*1H2;. The van der Waals surface area contributed by atoms with Gasteiger partial charge in [0.1, 0.15) is 0 Å². The van der Waals surface area contributed by atoms with Crippen molar-refractivity contribution in [3.8, 4) is 0 Å². The van der Waals surface area contributed by atoms with Crippen LogP contribution in [0.3, 0.4) is 0 Å². The van der Waals surface area contributed by atoms with E-state index >= 15 is 0 Å². The van der Waals surface area contributed by atoms with Crippen LogP contribution < -0.4 is 0 Å². The second-order valence-corrected chi connectivity index (χ2v) is 0. The molecule has 0 fully saturated rings. The molecule has 0 atom stereocenters. The molecule has 0 amide bonds. The monoisotopic (exact) mass is 234 g/mol. The molecule has 0 aliphatic heterocycles. The Kier molecular flexibility index (Phi) is 35300. The van der Waals surface area contributed by atoms with Crippen molar-refractivity contribution in [1.82, 2.24) is 0 Å². The van der Waals surface area contributed by atoms with Crippen LogP contribution in [0.1, 0.15) is 0 Å². The maximum absolute atomic E-state index is 0. The van der Waals surface area contributed by atoms with Crippen molar-refractivity contribution in [3.63, 3.8) is 0 Å². The zero-order valence-corrected chi connectivity index (χ0v) is 7.18. The summed E-state index contributed by atoms with van der Waals surface area (Å²) in [4.78, 5) is 0. The summed E-state index contributed by atoms with van der Waals surface area (Å²) in [5.41, 5.74) is 0. The van der Waals surface area contributed by atoms with Gasteiger partial charge < -0.3 is 32.9 Å². The summed E-state index contributed by atoms with van der Waals surface area (Å²) in [6.07, 6.45) is 0. The Balaban J connectivity index is 0. The maximum Gasteiger partial charge on any atom is 0 e. The second kappa shape index (κ2) is 438. The van der Waals surface area contributed by atoms with E-state index in [0.29, 0.717) is 0 Å². The molecule has 0 saturated heterocycles. The van der Waals surface area contributed by atoms with Gasteiger partial charge in [0.25, 0.3) is 0 Å². The van der Waals surface area contributed by atoms with E-state index < -0.39 is 0 Å². The normalized spacial score (nSPS) is 0. The van der Waals surface area contributed by atoms with E-state index in [4.69, 9.17) is 0 Å². The first-order valence-electron chi connectivity index (χ1n) is 0. The zero-order valence-electron chi connectivity index (χ0n) is 3.91. The fraction of sp³-hybridized carbons (Fsp3) is 0. The maximum atomic E-state index is 0. The third-order valence-corrected chi connectivity index (χ3v) is 0. The van der Waals surface area contributed by atoms with Crippen molar-refractivity contribution in [2.24, 2.45) is 0 Å². The summed E-state index contributed by atoms with van der Waals surface area (Å²) in [6.45, 7) is 0. The molecule has 0 aromatic rings. The third kappa shape index (κ3) is 280. The zero-order chi connectivity index (χ0) is 0. The molecular formula is H13ClO6Zr. The molecule has 60 valence electrons. The van der Waals surface area contributed by atoms with Gasteiger partial charge in [-0.3, -0.25) is 0 Å². The number of hydrogen-bond donors (Lipinski definition) is 0. The van der Waals surface area contributed by atoms with E-state index in [1.54, 1.807) is 0 Å². The minimum absolute atomic E-state index is 0. The molecule has 0 spiro atoms. The molecule has 8 heteroatoms. The number of hydrogen-bond acceptors (Lipinski definition) is 0. The number of halogens is 1. The van der Waals surface area contributed by atoms with Crippen molar-refractivity contribution < 1.29 is 59.1 Å². The summed E-state index contributed by atoms with van der Waals surface area (Å²) in [6, 6.07) is 0. The molecule has 0 aliphatic carbocycles. The summed E-state index contributed by atoms with van der Waals surface area (Å²) >= 11 is 0. The Bertz CT molecular complexity index is 8.49. The minimum Gasteiger partial charge on any atom is -0.412 e. The Hall–Kier alpha value is 0.933. The Morgan fingerprint density at radius 1 is 0.375 bits per heavy atom. The van der Waals surface area contributed by atoms with Crippen molar-refractivity contribution in [2.75, 3.05) is 0 Å². The third-order valence-electron chi connectivity index (χ3n) is 0. The van der Waals surface area contributed by atoms with E-state index in [0.717, 1.165) is 0 Å². The van der Waals surface area contributed by atoms with Crippen LogP contribution in [0.2, 0.25) is 0 Å². The molecule has 0 rings (SSSR count). The summed E-state index contributed by atoms with van der Waals surface area (Å²) < 4.78 is 0. The summed E-state index contributed by atoms with van der Waals surface area (Å²) in [7, 11) is 0. The first-order valence-corrected chi connectivity index (χ1v) is 0. The molecule has 12 N–H and O–H groups in total. The van der Waals surface area contributed by atoms with Gasteiger partial charge in [0, 0.05) is 26.2 Å². The second-order valence-electron chi connectivity index (χ2n) is 0. The fourth-order valence-corrected chi connectivity index (χ4v) is 0. The quantitative estimate of drug-likeness (QED) is 0.391. The topological polar surface area (TPSA) is 189 Å². The van der Waals surface area contributed by atoms with Crippen LogP contribution in [0.5, 0.6) is 0 Å². The van der Waals surface area contributed by atoms with Crippen LogP contribution in [0.15, 0.2) is 0 Å². The molecule has 0 aliphatic rings. The number of rotatable bonds is 0. The van der Waals surface area contributed by atoms with Crippen LogP contribution in [0.4, 0.5) is 0 Å². The largest absolute Gasteiger partial charge is 0.412 e. The van der Waals surface area contributed by atoms with Crippen LogP contribution in [-0.4, -0.2) is 32.9 Å². The molecule has 0 aromatic carbocycles. The van der Waals surface area contributed by atoms with Gasteiger partial charge in [0.05, 0.1) is 0 Å². The van der Waals surface area contributed by atoms with Gasteiger partial charge in [-0.05, 0) is 0 Å². The fourth-order valence-electron chi connectivity index (χ4n) is 0. The molecule has 0 heterocycles. The molecule has 8 heavy (non-hydrogen) atoms. The molecule has 0 unspecified atom stereocenters. The van der Waals surface area contributed by atoms with Gasteiger partial charge in [-0.15, -0.1) is 12.4 Å². The van der Waals surface area contributed by atoms with Gasteiger partial charge >= 0.3 is 0 Å². The minimum atomic E-state index is 0. The molecule has 0 saturated carbocycles. The Morgan fingerprint density at radius 3 is 0.375 bits per heavy atom. The first kappa shape index (κ1) is 646. The molecule has 0 bridgehead atoms. The van der Waals surface area contributed by atoms with Gasteiger partial charge in [-0.1, -0.05) is 0 Å². The predicted molar refractivity (Wildman–Crippen MR) is 28.9 cm³/mol. The van der Waals surface area contributed by atoms with E-state index in [1.165, 1.54) is 0 Å².